The van der Waals surface area contributed by atoms with Gasteiger partial charge in [0.15, 0.2) is 9.84 Å². The molecule has 0 heterocycles. The molecule has 0 aromatic heterocycles. The summed E-state index contributed by atoms with van der Waals surface area (Å²) in [5.41, 5.74) is 6.56. The van der Waals surface area contributed by atoms with Gasteiger partial charge in [0.1, 0.15) is 0 Å². The summed E-state index contributed by atoms with van der Waals surface area (Å²) in [5.74, 6) is 0.0483. The van der Waals surface area contributed by atoms with E-state index < -0.39 is 9.84 Å². The van der Waals surface area contributed by atoms with Crippen LogP contribution in [0, 0.1) is 5.92 Å². The average molecular weight is 260 g/mol. The van der Waals surface area contributed by atoms with Crippen LogP contribution in [0.2, 0.25) is 5.02 Å². The zero-order valence-electron chi connectivity index (χ0n) is 8.93. The Balaban J connectivity index is 2.30. The molecule has 0 spiro atoms. The van der Waals surface area contributed by atoms with Gasteiger partial charge in [-0.25, -0.2) is 8.42 Å². The highest BCUT2D eigenvalue weighted by molar-refractivity contribution is 7.91. The highest BCUT2D eigenvalue weighted by Crippen LogP contribution is 2.51. The molecule has 3 nitrogen and oxygen atoms in total. The van der Waals surface area contributed by atoms with Crippen molar-refractivity contribution in [3.05, 3.63) is 34.9 Å². The summed E-state index contributed by atoms with van der Waals surface area (Å²) < 4.78 is 23.1. The fraction of sp³-hybridized carbons (Fsp3) is 0.455. The highest BCUT2D eigenvalue weighted by atomic mass is 35.5. The standard InChI is InChI=1S/C11H14ClNO2S/c1-16(14,15)11-9(6-13)10(11)7-3-2-4-8(12)5-7/h2-5,9-11H,6,13H2,1H3. The Morgan fingerprint density at radius 2 is 2.12 bits per heavy atom. The quantitative estimate of drug-likeness (QED) is 0.893. The lowest BCUT2D eigenvalue weighted by Gasteiger charge is -1.99. The zero-order chi connectivity index (χ0) is 11.9. The predicted molar refractivity (Wildman–Crippen MR) is 65.4 cm³/mol. The number of benzene rings is 1. The van der Waals surface area contributed by atoms with Crippen molar-refractivity contribution in [1.82, 2.24) is 0 Å². The third-order valence-electron chi connectivity index (χ3n) is 3.10. The van der Waals surface area contributed by atoms with Crippen LogP contribution in [0.4, 0.5) is 0 Å². The number of hydrogen-bond donors (Lipinski definition) is 1. The van der Waals surface area contributed by atoms with E-state index in [1.54, 1.807) is 6.07 Å². The Hall–Kier alpha value is -0.580. The number of nitrogens with two attached hydrogens (primary N) is 1. The Labute approximate surface area is 101 Å². The minimum Gasteiger partial charge on any atom is -0.330 e. The van der Waals surface area contributed by atoms with Gasteiger partial charge >= 0.3 is 0 Å². The van der Waals surface area contributed by atoms with E-state index in [2.05, 4.69) is 0 Å². The minimum absolute atomic E-state index is 0.0127. The Morgan fingerprint density at radius 1 is 1.44 bits per heavy atom. The average Bonchev–Trinajstić information content (AvgIpc) is 2.91. The Kier molecular flexibility index (Phi) is 2.99. The summed E-state index contributed by atoms with van der Waals surface area (Å²) >= 11 is 5.89. The SMILES string of the molecule is CS(=O)(=O)C1C(CN)C1c1cccc(Cl)c1. The van der Waals surface area contributed by atoms with Gasteiger partial charge in [0, 0.05) is 17.2 Å². The largest absolute Gasteiger partial charge is 0.330 e. The molecule has 0 bridgehead atoms. The molecule has 16 heavy (non-hydrogen) atoms. The van der Waals surface area contributed by atoms with Gasteiger partial charge in [0.2, 0.25) is 0 Å². The molecule has 0 saturated heterocycles. The van der Waals surface area contributed by atoms with Gasteiger partial charge in [-0.15, -0.1) is 0 Å². The van der Waals surface area contributed by atoms with Crippen LogP contribution in [0.3, 0.4) is 0 Å². The third kappa shape index (κ3) is 2.10. The van der Waals surface area contributed by atoms with Crippen molar-refractivity contribution in [2.24, 2.45) is 11.7 Å². The first-order chi connectivity index (χ1) is 7.45. The summed E-state index contributed by atoms with van der Waals surface area (Å²) in [6.07, 6.45) is 1.27. The maximum absolute atomic E-state index is 11.5. The van der Waals surface area contributed by atoms with E-state index in [9.17, 15) is 8.42 Å². The minimum atomic E-state index is -3.02. The van der Waals surface area contributed by atoms with E-state index >= 15 is 0 Å². The smallest absolute Gasteiger partial charge is 0.151 e. The van der Waals surface area contributed by atoms with Crippen molar-refractivity contribution in [1.29, 1.82) is 0 Å². The molecule has 1 aromatic rings. The van der Waals surface area contributed by atoms with Crippen LogP contribution in [0.1, 0.15) is 11.5 Å². The van der Waals surface area contributed by atoms with Crippen molar-refractivity contribution >= 4 is 21.4 Å². The fourth-order valence-corrected chi connectivity index (χ4v) is 4.27. The molecule has 3 atom stereocenters. The third-order valence-corrected chi connectivity index (χ3v) is 4.96. The van der Waals surface area contributed by atoms with Crippen LogP contribution >= 0.6 is 11.6 Å². The highest BCUT2D eigenvalue weighted by Gasteiger charge is 2.55. The number of rotatable bonds is 3. The molecule has 0 amide bonds. The van der Waals surface area contributed by atoms with Gasteiger partial charge in [-0.05, 0) is 30.2 Å². The monoisotopic (exact) mass is 259 g/mol. The summed E-state index contributed by atoms with van der Waals surface area (Å²) in [6.45, 7) is 0.398. The van der Waals surface area contributed by atoms with Crippen molar-refractivity contribution < 1.29 is 8.42 Å². The number of sulfone groups is 1. The van der Waals surface area contributed by atoms with Gasteiger partial charge < -0.3 is 5.73 Å². The normalized spacial score (nSPS) is 29.1. The Bertz CT molecular complexity index is 500. The lowest BCUT2D eigenvalue weighted by molar-refractivity contribution is 0.597. The maximum atomic E-state index is 11.5. The topological polar surface area (TPSA) is 60.2 Å². The van der Waals surface area contributed by atoms with Crippen LogP contribution < -0.4 is 5.73 Å². The van der Waals surface area contributed by atoms with Crippen molar-refractivity contribution in [2.75, 3.05) is 12.8 Å². The zero-order valence-corrected chi connectivity index (χ0v) is 10.5. The van der Waals surface area contributed by atoms with Crippen LogP contribution in [0.5, 0.6) is 0 Å². The second kappa shape index (κ2) is 4.02. The molecular weight excluding hydrogens is 246 g/mol. The molecule has 3 unspecified atom stereocenters. The van der Waals surface area contributed by atoms with E-state index in [4.69, 9.17) is 17.3 Å². The fourth-order valence-electron chi connectivity index (χ4n) is 2.36. The second-order valence-electron chi connectivity index (χ2n) is 4.27. The maximum Gasteiger partial charge on any atom is 0.151 e. The first-order valence-corrected chi connectivity index (χ1v) is 7.43. The molecule has 1 aromatic carbocycles. The van der Waals surface area contributed by atoms with Gasteiger partial charge in [-0.3, -0.25) is 0 Å². The van der Waals surface area contributed by atoms with Crippen LogP contribution in [-0.2, 0) is 9.84 Å². The summed E-state index contributed by atoms with van der Waals surface area (Å²) in [5, 5.41) is 0.295. The summed E-state index contributed by atoms with van der Waals surface area (Å²) in [7, 11) is -3.02. The van der Waals surface area contributed by atoms with Gasteiger partial charge in [-0.1, -0.05) is 23.7 Å². The van der Waals surface area contributed by atoms with Crippen LogP contribution in [-0.4, -0.2) is 26.5 Å². The second-order valence-corrected chi connectivity index (χ2v) is 6.91. The van der Waals surface area contributed by atoms with Crippen molar-refractivity contribution in [3.8, 4) is 0 Å². The van der Waals surface area contributed by atoms with E-state index in [1.807, 2.05) is 18.2 Å². The van der Waals surface area contributed by atoms with Gasteiger partial charge in [0.25, 0.3) is 0 Å². The first-order valence-electron chi connectivity index (χ1n) is 5.09. The number of halogens is 1. The van der Waals surface area contributed by atoms with Gasteiger partial charge in [0.05, 0.1) is 5.25 Å². The molecule has 1 saturated carbocycles. The molecule has 5 heteroatoms. The first kappa shape index (κ1) is 11.9. The summed E-state index contributed by atoms with van der Waals surface area (Å²) in [6, 6.07) is 7.34. The van der Waals surface area contributed by atoms with E-state index in [0.717, 1.165) is 5.56 Å². The van der Waals surface area contributed by atoms with Gasteiger partial charge in [-0.2, -0.15) is 0 Å². The molecule has 1 aliphatic rings. The van der Waals surface area contributed by atoms with E-state index in [-0.39, 0.29) is 17.1 Å². The summed E-state index contributed by atoms with van der Waals surface area (Å²) in [4.78, 5) is 0. The molecule has 2 rings (SSSR count). The van der Waals surface area contributed by atoms with Crippen LogP contribution in [0.25, 0.3) is 0 Å². The van der Waals surface area contributed by atoms with Crippen molar-refractivity contribution in [3.63, 3.8) is 0 Å². The predicted octanol–water partition coefficient (Wildman–Crippen LogP) is 1.43. The molecule has 0 aliphatic heterocycles. The molecule has 1 fully saturated rings. The Morgan fingerprint density at radius 3 is 2.56 bits per heavy atom. The molecule has 0 radical (unpaired) electrons. The van der Waals surface area contributed by atoms with E-state index in [1.165, 1.54) is 6.26 Å². The lowest BCUT2D eigenvalue weighted by atomic mass is 10.1. The molecular formula is C11H14ClNO2S. The van der Waals surface area contributed by atoms with Crippen LogP contribution in [0.15, 0.2) is 24.3 Å². The molecule has 1 aliphatic carbocycles. The van der Waals surface area contributed by atoms with Crippen molar-refractivity contribution in [2.45, 2.75) is 11.2 Å². The number of hydrogen-bond acceptors (Lipinski definition) is 3. The molecule has 88 valence electrons. The lowest BCUT2D eigenvalue weighted by Crippen LogP contribution is -2.11. The van der Waals surface area contributed by atoms with E-state index in [0.29, 0.717) is 11.6 Å². The molecule has 2 N–H and O–H groups in total.